The summed E-state index contributed by atoms with van der Waals surface area (Å²) < 4.78 is 0.814. The van der Waals surface area contributed by atoms with Crippen LogP contribution < -0.4 is 5.32 Å². The second kappa shape index (κ2) is 3.85. The Hall–Kier alpha value is -0.940. The van der Waals surface area contributed by atoms with E-state index >= 15 is 0 Å². The summed E-state index contributed by atoms with van der Waals surface area (Å²) in [5.41, 5.74) is 0. The maximum absolute atomic E-state index is 4.22. The molecule has 0 radical (unpaired) electrons. The Bertz CT molecular complexity index is 388. The van der Waals surface area contributed by atoms with Crippen molar-refractivity contribution in [1.82, 2.24) is 9.97 Å². The van der Waals surface area contributed by atoms with E-state index in [-0.39, 0.29) is 0 Å². The van der Waals surface area contributed by atoms with Gasteiger partial charge in [-0.2, -0.15) is 0 Å². The van der Waals surface area contributed by atoms with Gasteiger partial charge in [-0.3, -0.25) is 0 Å². The predicted molar refractivity (Wildman–Crippen MR) is 57.3 cm³/mol. The Kier molecular flexibility index (Phi) is 2.56. The van der Waals surface area contributed by atoms with Crippen molar-refractivity contribution < 1.29 is 0 Å². The molecule has 1 N–H and O–H groups in total. The van der Waals surface area contributed by atoms with Gasteiger partial charge in [0, 0.05) is 11.6 Å². The molecule has 2 aromatic heterocycles. The molecule has 0 aliphatic rings. The highest BCUT2D eigenvalue weighted by Crippen LogP contribution is 2.17. The number of thiazole rings is 1. The summed E-state index contributed by atoms with van der Waals surface area (Å²) in [5.74, 6) is 0.796. The molecule has 0 atom stereocenters. The minimum absolute atomic E-state index is 0.796. The Morgan fingerprint density at radius 2 is 2.31 bits per heavy atom. The van der Waals surface area contributed by atoms with Gasteiger partial charge in [0.25, 0.3) is 0 Å². The monoisotopic (exact) mass is 255 g/mol. The zero-order valence-corrected chi connectivity index (χ0v) is 8.97. The van der Waals surface area contributed by atoms with Gasteiger partial charge in [0.1, 0.15) is 10.4 Å². The molecule has 0 amide bonds. The third-order valence-electron chi connectivity index (χ3n) is 1.38. The predicted octanol–water partition coefficient (Wildman–Crippen LogP) is 3.04. The first-order chi connectivity index (χ1) is 6.34. The van der Waals surface area contributed by atoms with E-state index in [9.17, 15) is 0 Å². The first-order valence-electron chi connectivity index (χ1n) is 3.64. The van der Waals surface area contributed by atoms with Gasteiger partial charge < -0.3 is 5.32 Å². The fraction of sp³-hybridized carbons (Fsp3) is 0. The number of hydrogen-bond acceptors (Lipinski definition) is 4. The van der Waals surface area contributed by atoms with Gasteiger partial charge >= 0.3 is 0 Å². The van der Waals surface area contributed by atoms with E-state index in [4.69, 9.17) is 0 Å². The average molecular weight is 256 g/mol. The van der Waals surface area contributed by atoms with E-state index in [1.54, 1.807) is 17.5 Å². The molecule has 3 nitrogen and oxygen atoms in total. The summed E-state index contributed by atoms with van der Waals surface area (Å²) in [4.78, 5) is 8.31. The first-order valence-corrected chi connectivity index (χ1v) is 5.31. The largest absolute Gasteiger partial charge is 0.316 e. The molecule has 2 aromatic rings. The lowest BCUT2D eigenvalue weighted by Gasteiger charge is -2.00. The van der Waals surface area contributed by atoms with Crippen LogP contribution in [0, 0.1) is 0 Å². The lowest BCUT2D eigenvalue weighted by atomic mass is 10.5. The van der Waals surface area contributed by atoms with E-state index in [2.05, 4.69) is 31.2 Å². The van der Waals surface area contributed by atoms with Crippen molar-refractivity contribution in [3.8, 4) is 0 Å². The molecule has 0 fully saturated rings. The second-order valence-corrected chi connectivity index (χ2v) is 4.01. The number of pyridine rings is 1. The van der Waals surface area contributed by atoms with Crippen molar-refractivity contribution in [3.05, 3.63) is 34.4 Å². The fourth-order valence-electron chi connectivity index (χ4n) is 0.873. The molecule has 0 bridgehead atoms. The van der Waals surface area contributed by atoms with Crippen LogP contribution in [0.3, 0.4) is 0 Å². The van der Waals surface area contributed by atoms with Crippen molar-refractivity contribution in [2.45, 2.75) is 0 Å². The van der Waals surface area contributed by atoms with Gasteiger partial charge in [0.2, 0.25) is 0 Å². The number of halogens is 1. The number of anilines is 2. The summed E-state index contributed by atoms with van der Waals surface area (Å²) >= 11 is 4.84. The SMILES string of the molecule is Brc1cccc(Nc2nccs2)n1. The molecule has 0 aliphatic heterocycles. The Labute approximate surface area is 88.0 Å². The molecular weight excluding hydrogens is 250 g/mol. The van der Waals surface area contributed by atoms with Gasteiger partial charge in [-0.05, 0) is 28.1 Å². The number of nitrogens with one attached hydrogen (secondary N) is 1. The normalized spacial score (nSPS) is 9.92. The summed E-state index contributed by atoms with van der Waals surface area (Å²) in [6.45, 7) is 0. The number of aromatic nitrogens is 2. The van der Waals surface area contributed by atoms with Crippen molar-refractivity contribution in [2.24, 2.45) is 0 Å². The van der Waals surface area contributed by atoms with E-state index in [0.29, 0.717) is 0 Å². The summed E-state index contributed by atoms with van der Waals surface area (Å²) in [6.07, 6.45) is 1.75. The number of nitrogens with zero attached hydrogens (tertiary/aromatic N) is 2. The maximum Gasteiger partial charge on any atom is 0.188 e. The van der Waals surface area contributed by atoms with Crippen molar-refractivity contribution in [1.29, 1.82) is 0 Å². The highest BCUT2D eigenvalue weighted by Gasteiger charge is 1.97. The standard InChI is InChI=1S/C8H6BrN3S/c9-6-2-1-3-7(11-6)12-8-10-4-5-13-8/h1-5H,(H,10,11,12). The molecule has 0 saturated carbocycles. The van der Waals surface area contributed by atoms with Crippen LogP contribution in [-0.2, 0) is 0 Å². The van der Waals surface area contributed by atoms with Crippen LogP contribution in [0.2, 0.25) is 0 Å². The highest BCUT2D eigenvalue weighted by atomic mass is 79.9. The zero-order valence-electron chi connectivity index (χ0n) is 6.57. The van der Waals surface area contributed by atoms with Gasteiger partial charge in [-0.15, -0.1) is 11.3 Å². The lowest BCUT2D eigenvalue weighted by Crippen LogP contribution is -1.91. The quantitative estimate of drug-likeness (QED) is 0.839. The smallest absolute Gasteiger partial charge is 0.188 e. The van der Waals surface area contributed by atoms with E-state index in [0.717, 1.165) is 15.6 Å². The Morgan fingerprint density at radius 1 is 1.38 bits per heavy atom. The third kappa shape index (κ3) is 2.26. The van der Waals surface area contributed by atoms with E-state index in [1.807, 2.05) is 23.6 Å². The fourth-order valence-corrected chi connectivity index (χ4v) is 1.75. The van der Waals surface area contributed by atoms with Crippen molar-refractivity contribution in [2.75, 3.05) is 5.32 Å². The molecule has 0 unspecified atom stereocenters. The molecule has 66 valence electrons. The Balaban J connectivity index is 2.19. The maximum atomic E-state index is 4.22. The van der Waals surface area contributed by atoms with Crippen molar-refractivity contribution in [3.63, 3.8) is 0 Å². The molecular formula is C8H6BrN3S. The number of rotatable bonds is 2. The minimum Gasteiger partial charge on any atom is -0.316 e. The third-order valence-corrected chi connectivity index (χ3v) is 2.51. The van der Waals surface area contributed by atoms with Crippen molar-refractivity contribution >= 4 is 38.2 Å². The zero-order chi connectivity index (χ0) is 9.10. The van der Waals surface area contributed by atoms with Gasteiger partial charge in [0.15, 0.2) is 5.13 Å². The highest BCUT2D eigenvalue weighted by molar-refractivity contribution is 9.10. The van der Waals surface area contributed by atoms with Gasteiger partial charge in [-0.1, -0.05) is 6.07 Å². The molecule has 0 aromatic carbocycles. The minimum atomic E-state index is 0.796. The van der Waals surface area contributed by atoms with Crippen LogP contribution in [-0.4, -0.2) is 9.97 Å². The van der Waals surface area contributed by atoms with Gasteiger partial charge in [0.05, 0.1) is 0 Å². The van der Waals surface area contributed by atoms with Crippen LogP contribution in [0.25, 0.3) is 0 Å². The van der Waals surface area contributed by atoms with Crippen LogP contribution in [0.5, 0.6) is 0 Å². The molecule has 0 aliphatic carbocycles. The molecule has 0 saturated heterocycles. The summed E-state index contributed by atoms with van der Waals surface area (Å²) in [7, 11) is 0. The lowest BCUT2D eigenvalue weighted by molar-refractivity contribution is 1.25. The van der Waals surface area contributed by atoms with Crippen LogP contribution in [0.4, 0.5) is 10.9 Å². The van der Waals surface area contributed by atoms with Gasteiger partial charge in [-0.25, -0.2) is 9.97 Å². The molecule has 5 heteroatoms. The molecule has 2 heterocycles. The van der Waals surface area contributed by atoms with Crippen LogP contribution >= 0.6 is 27.3 Å². The van der Waals surface area contributed by atoms with Crippen LogP contribution in [0.1, 0.15) is 0 Å². The number of hydrogen-bond donors (Lipinski definition) is 1. The molecule has 0 spiro atoms. The average Bonchev–Trinajstić information content (AvgIpc) is 2.57. The first kappa shape index (κ1) is 8.65. The van der Waals surface area contributed by atoms with Crippen LogP contribution in [0.15, 0.2) is 34.4 Å². The summed E-state index contributed by atoms with van der Waals surface area (Å²) in [6, 6.07) is 5.70. The Morgan fingerprint density at radius 3 is 3.00 bits per heavy atom. The topological polar surface area (TPSA) is 37.8 Å². The van der Waals surface area contributed by atoms with E-state index in [1.165, 1.54) is 0 Å². The molecule has 2 rings (SSSR count). The van der Waals surface area contributed by atoms with E-state index < -0.39 is 0 Å². The second-order valence-electron chi connectivity index (χ2n) is 2.31. The summed E-state index contributed by atoms with van der Waals surface area (Å²) in [5, 5.41) is 5.86. The molecule has 13 heavy (non-hydrogen) atoms.